The van der Waals surface area contributed by atoms with Gasteiger partial charge < -0.3 is 15.0 Å². The summed E-state index contributed by atoms with van der Waals surface area (Å²) in [5.74, 6) is 0.775. The average Bonchev–Trinajstić information content (AvgIpc) is 3.13. The lowest BCUT2D eigenvalue weighted by Gasteiger charge is -2.29. The number of pyridine rings is 1. The van der Waals surface area contributed by atoms with E-state index in [0.29, 0.717) is 18.7 Å². The zero-order valence-corrected chi connectivity index (χ0v) is 17.9. The van der Waals surface area contributed by atoms with Crippen molar-refractivity contribution in [1.82, 2.24) is 25.2 Å². The van der Waals surface area contributed by atoms with Crippen LogP contribution >= 0.6 is 0 Å². The summed E-state index contributed by atoms with van der Waals surface area (Å²) in [6, 6.07) is 7.90. The molecular weight excluding hydrogens is 368 g/mol. The Kier molecular flexibility index (Phi) is 6.14. The molecular formula is C21H31N6O2+. The summed E-state index contributed by atoms with van der Waals surface area (Å²) in [6.45, 7) is 11.3. The lowest BCUT2D eigenvalue weighted by Crippen LogP contribution is -3.11. The van der Waals surface area contributed by atoms with Gasteiger partial charge in [0.25, 0.3) is 5.56 Å². The topological polar surface area (TPSA) is 101 Å². The molecule has 8 nitrogen and oxygen atoms in total. The molecule has 3 rings (SSSR count). The molecule has 0 amide bonds. The Labute approximate surface area is 170 Å². The zero-order chi connectivity index (χ0) is 21.2. The molecule has 0 saturated carbocycles. The molecule has 3 aromatic rings. The van der Waals surface area contributed by atoms with E-state index in [1.807, 2.05) is 29.8 Å². The van der Waals surface area contributed by atoms with Crippen molar-refractivity contribution >= 4 is 10.9 Å². The molecule has 0 aliphatic carbocycles. The number of aliphatic hydroxyl groups excluding tert-OH is 1. The van der Waals surface area contributed by atoms with Gasteiger partial charge in [0.1, 0.15) is 19.1 Å². The zero-order valence-electron chi connectivity index (χ0n) is 17.9. The third kappa shape index (κ3) is 4.54. The maximum absolute atomic E-state index is 12.7. The fourth-order valence-electron chi connectivity index (χ4n) is 3.82. The van der Waals surface area contributed by atoms with Gasteiger partial charge in [-0.05, 0) is 61.7 Å². The molecule has 0 aliphatic rings. The second-order valence-corrected chi connectivity index (χ2v) is 8.60. The molecule has 0 radical (unpaired) electrons. The van der Waals surface area contributed by atoms with Crippen LogP contribution in [0.5, 0.6) is 0 Å². The number of rotatable bonds is 7. The van der Waals surface area contributed by atoms with Crippen LogP contribution in [0.25, 0.3) is 10.9 Å². The van der Waals surface area contributed by atoms with Crippen molar-refractivity contribution in [2.45, 2.75) is 59.2 Å². The number of nitrogens with one attached hydrogen (secondary N) is 2. The Bertz CT molecular complexity index is 1030. The van der Waals surface area contributed by atoms with Crippen LogP contribution in [0.1, 0.15) is 57.1 Å². The number of hydrogen-bond acceptors (Lipinski definition) is 5. The Morgan fingerprint density at radius 3 is 2.69 bits per heavy atom. The summed E-state index contributed by atoms with van der Waals surface area (Å²) in [7, 11) is 0. The summed E-state index contributed by atoms with van der Waals surface area (Å²) < 4.78 is 1.84. The Balaban J connectivity index is 1.99. The molecule has 0 saturated heterocycles. The maximum atomic E-state index is 12.7. The standard InChI is InChI=1S/C21H30N6O2/c1-6-18(19-23-24-25-27(19)21(3,4)5)26(9-10-28)13-16-12-15-11-14(2)7-8-17(15)22-20(16)29/h7-8,11-12,18,28H,6,9-10,13H2,1-5H3,(H,22,29)/p+1/t18-/m1/s1. The minimum atomic E-state index is -0.255. The molecule has 0 aliphatic heterocycles. The van der Waals surface area contributed by atoms with E-state index in [-0.39, 0.29) is 23.7 Å². The van der Waals surface area contributed by atoms with Gasteiger partial charge in [0, 0.05) is 11.9 Å². The number of aromatic nitrogens is 5. The molecule has 1 unspecified atom stereocenters. The van der Waals surface area contributed by atoms with E-state index >= 15 is 0 Å². The van der Waals surface area contributed by atoms with Crippen molar-refractivity contribution in [3.63, 3.8) is 0 Å². The highest BCUT2D eigenvalue weighted by Gasteiger charge is 2.32. The molecule has 3 N–H and O–H groups in total. The van der Waals surface area contributed by atoms with Crippen molar-refractivity contribution in [3.05, 3.63) is 51.6 Å². The van der Waals surface area contributed by atoms with Crippen LogP contribution in [0.2, 0.25) is 0 Å². The first-order chi connectivity index (χ1) is 13.7. The van der Waals surface area contributed by atoms with Crippen LogP contribution < -0.4 is 10.5 Å². The van der Waals surface area contributed by atoms with E-state index in [2.05, 4.69) is 54.3 Å². The number of aryl methyl sites for hydroxylation is 1. The summed E-state index contributed by atoms with van der Waals surface area (Å²) in [6.07, 6.45) is 0.788. The third-order valence-electron chi connectivity index (χ3n) is 5.27. The number of fused-ring (bicyclic) bond motifs is 1. The number of tetrazole rings is 1. The van der Waals surface area contributed by atoms with E-state index in [9.17, 15) is 9.90 Å². The number of quaternary nitrogens is 1. The van der Waals surface area contributed by atoms with Crippen molar-refractivity contribution < 1.29 is 10.0 Å². The number of hydrogen-bond donors (Lipinski definition) is 3. The first-order valence-corrected chi connectivity index (χ1v) is 10.1. The highest BCUT2D eigenvalue weighted by Crippen LogP contribution is 2.19. The van der Waals surface area contributed by atoms with Crippen LogP contribution in [0.3, 0.4) is 0 Å². The molecule has 1 aromatic carbocycles. The Hall–Kier alpha value is -2.58. The van der Waals surface area contributed by atoms with Crippen molar-refractivity contribution in [2.24, 2.45) is 0 Å². The second-order valence-electron chi connectivity index (χ2n) is 8.60. The quantitative estimate of drug-likeness (QED) is 0.552. The molecule has 2 atom stereocenters. The van der Waals surface area contributed by atoms with Crippen molar-refractivity contribution in [3.8, 4) is 0 Å². The summed E-state index contributed by atoms with van der Waals surface area (Å²) in [5, 5.41) is 23.1. The fraction of sp³-hybridized carbons (Fsp3) is 0.524. The van der Waals surface area contributed by atoms with Gasteiger partial charge in [0.15, 0.2) is 0 Å². The van der Waals surface area contributed by atoms with Gasteiger partial charge in [-0.2, -0.15) is 0 Å². The molecule has 8 heteroatoms. The lowest BCUT2D eigenvalue weighted by molar-refractivity contribution is -0.946. The van der Waals surface area contributed by atoms with Crippen LogP contribution in [0, 0.1) is 6.92 Å². The van der Waals surface area contributed by atoms with Crippen LogP contribution in [-0.4, -0.2) is 43.4 Å². The van der Waals surface area contributed by atoms with Crippen molar-refractivity contribution in [1.29, 1.82) is 0 Å². The predicted molar refractivity (Wildman–Crippen MR) is 112 cm³/mol. The normalized spacial score (nSPS) is 14.3. The number of benzene rings is 1. The molecule has 2 heterocycles. The first-order valence-electron chi connectivity index (χ1n) is 10.1. The summed E-state index contributed by atoms with van der Waals surface area (Å²) in [4.78, 5) is 16.8. The average molecular weight is 400 g/mol. The minimum absolute atomic E-state index is 0.0213. The van der Waals surface area contributed by atoms with Gasteiger partial charge >= 0.3 is 0 Å². The number of aromatic amines is 1. The SMILES string of the molecule is CC[C@H](c1nnnn1C(C)(C)C)[NH+](CCO)Cc1cc2cc(C)ccc2[nH]c1=O. The van der Waals surface area contributed by atoms with Gasteiger partial charge in [-0.1, -0.05) is 18.6 Å². The smallest absolute Gasteiger partial charge is 0.257 e. The summed E-state index contributed by atoms with van der Waals surface area (Å²) in [5.41, 5.74) is 2.32. The highest BCUT2D eigenvalue weighted by atomic mass is 16.3. The molecule has 29 heavy (non-hydrogen) atoms. The lowest BCUT2D eigenvalue weighted by atomic mass is 10.1. The van der Waals surface area contributed by atoms with Crippen LogP contribution in [0.15, 0.2) is 29.1 Å². The van der Waals surface area contributed by atoms with Crippen LogP contribution in [0.4, 0.5) is 0 Å². The maximum Gasteiger partial charge on any atom is 0.257 e. The number of nitrogens with zero attached hydrogens (tertiary/aromatic N) is 4. The van der Waals surface area contributed by atoms with Gasteiger partial charge in [-0.25, -0.2) is 4.68 Å². The largest absolute Gasteiger partial charge is 0.391 e. The second kappa shape index (κ2) is 8.42. The fourth-order valence-corrected chi connectivity index (χ4v) is 3.82. The molecule has 2 aromatic heterocycles. The highest BCUT2D eigenvalue weighted by molar-refractivity contribution is 5.79. The first kappa shape index (κ1) is 21.1. The van der Waals surface area contributed by atoms with E-state index in [4.69, 9.17) is 0 Å². The van der Waals surface area contributed by atoms with E-state index in [0.717, 1.165) is 33.6 Å². The molecule has 0 spiro atoms. The van der Waals surface area contributed by atoms with Crippen LogP contribution in [-0.2, 0) is 12.1 Å². The Morgan fingerprint density at radius 1 is 1.28 bits per heavy atom. The molecule has 156 valence electrons. The number of aliphatic hydroxyl groups is 1. The molecule has 0 bridgehead atoms. The van der Waals surface area contributed by atoms with Gasteiger partial charge in [-0.3, -0.25) is 4.79 Å². The predicted octanol–water partition coefficient (Wildman–Crippen LogP) is 1.11. The van der Waals surface area contributed by atoms with Crippen molar-refractivity contribution in [2.75, 3.05) is 13.2 Å². The summed E-state index contributed by atoms with van der Waals surface area (Å²) >= 11 is 0. The number of H-pyrrole nitrogens is 1. The van der Waals surface area contributed by atoms with Gasteiger partial charge in [-0.15, -0.1) is 5.10 Å². The van der Waals surface area contributed by atoms with E-state index < -0.39 is 0 Å². The van der Waals surface area contributed by atoms with E-state index in [1.165, 1.54) is 0 Å². The molecule has 0 fully saturated rings. The minimum Gasteiger partial charge on any atom is -0.391 e. The van der Waals surface area contributed by atoms with E-state index in [1.54, 1.807) is 0 Å². The van der Waals surface area contributed by atoms with Gasteiger partial charge in [0.05, 0.1) is 17.7 Å². The monoisotopic (exact) mass is 399 g/mol. The van der Waals surface area contributed by atoms with Gasteiger partial charge in [0.2, 0.25) is 5.82 Å². The third-order valence-corrected chi connectivity index (χ3v) is 5.27. The Morgan fingerprint density at radius 2 is 2.03 bits per heavy atom.